The Morgan fingerprint density at radius 3 is 2.05 bits per heavy atom. The summed E-state index contributed by atoms with van der Waals surface area (Å²) in [6, 6.07) is 17.0. The molecule has 0 saturated heterocycles. The first kappa shape index (κ1) is 13.6. The summed E-state index contributed by atoms with van der Waals surface area (Å²) in [6.07, 6.45) is 0. The quantitative estimate of drug-likeness (QED) is 0.816. The Hall–Kier alpha value is -1.80. The van der Waals surface area contributed by atoms with Crippen LogP contribution in [0.3, 0.4) is 0 Å². The van der Waals surface area contributed by atoms with E-state index in [0.29, 0.717) is 5.92 Å². The lowest BCUT2D eigenvalue weighted by molar-refractivity contribution is 0.691. The number of nitrogens with two attached hydrogens (primary N) is 1. The lowest BCUT2D eigenvalue weighted by atomic mass is 9.95. The van der Waals surface area contributed by atoms with E-state index < -0.39 is 0 Å². The first-order valence-electron chi connectivity index (χ1n) is 6.74. The van der Waals surface area contributed by atoms with Gasteiger partial charge in [0.15, 0.2) is 0 Å². The topological polar surface area (TPSA) is 38.0 Å². The van der Waals surface area contributed by atoms with Crippen LogP contribution in [0, 0.1) is 0 Å². The third-order valence-corrected chi connectivity index (χ3v) is 3.47. The second-order valence-electron chi connectivity index (χ2n) is 5.21. The Balaban J connectivity index is 2.31. The highest BCUT2D eigenvalue weighted by Gasteiger charge is 2.12. The first-order valence-corrected chi connectivity index (χ1v) is 6.74. The van der Waals surface area contributed by atoms with Gasteiger partial charge in [0, 0.05) is 5.69 Å². The minimum Gasteiger partial charge on any atom is -0.399 e. The predicted octanol–water partition coefficient (Wildman–Crippen LogP) is 3.70. The van der Waals surface area contributed by atoms with Crippen molar-refractivity contribution in [1.29, 1.82) is 0 Å². The zero-order valence-electron chi connectivity index (χ0n) is 11.9. The van der Waals surface area contributed by atoms with Crippen LogP contribution >= 0.6 is 0 Å². The van der Waals surface area contributed by atoms with Crippen molar-refractivity contribution < 1.29 is 0 Å². The zero-order valence-corrected chi connectivity index (χ0v) is 11.9. The summed E-state index contributed by atoms with van der Waals surface area (Å²) in [6.45, 7) is 4.42. The highest BCUT2D eigenvalue weighted by atomic mass is 14.9. The molecule has 2 heteroatoms. The normalized spacial score (nSPS) is 12.6. The van der Waals surface area contributed by atoms with Crippen LogP contribution in [0.5, 0.6) is 0 Å². The molecular formula is C17H22N2. The van der Waals surface area contributed by atoms with Crippen LogP contribution < -0.4 is 11.1 Å². The van der Waals surface area contributed by atoms with E-state index in [-0.39, 0.29) is 6.04 Å². The molecule has 0 amide bonds. The second-order valence-corrected chi connectivity index (χ2v) is 5.21. The van der Waals surface area contributed by atoms with Crippen molar-refractivity contribution in [2.45, 2.75) is 25.8 Å². The molecule has 100 valence electrons. The summed E-state index contributed by atoms with van der Waals surface area (Å²) in [5.41, 5.74) is 10.5. The predicted molar refractivity (Wildman–Crippen MR) is 82.3 cm³/mol. The fourth-order valence-corrected chi connectivity index (χ4v) is 2.34. The third kappa shape index (κ3) is 3.15. The molecule has 0 aliphatic rings. The van der Waals surface area contributed by atoms with Crippen LogP contribution in [-0.2, 0) is 0 Å². The van der Waals surface area contributed by atoms with E-state index >= 15 is 0 Å². The number of hydrogen-bond acceptors (Lipinski definition) is 2. The van der Waals surface area contributed by atoms with Gasteiger partial charge in [0.05, 0.1) is 6.04 Å². The fraction of sp³-hybridized carbons (Fsp3) is 0.294. The second kappa shape index (κ2) is 5.89. The summed E-state index contributed by atoms with van der Waals surface area (Å²) < 4.78 is 0. The maximum absolute atomic E-state index is 5.87. The van der Waals surface area contributed by atoms with Crippen LogP contribution in [0.4, 0.5) is 5.69 Å². The molecular weight excluding hydrogens is 232 g/mol. The van der Waals surface area contributed by atoms with Gasteiger partial charge in [-0.1, -0.05) is 50.2 Å². The van der Waals surface area contributed by atoms with Gasteiger partial charge in [0.1, 0.15) is 0 Å². The van der Waals surface area contributed by atoms with Crippen LogP contribution in [-0.4, -0.2) is 7.05 Å². The van der Waals surface area contributed by atoms with Gasteiger partial charge in [0.25, 0.3) is 0 Å². The third-order valence-electron chi connectivity index (χ3n) is 3.47. The molecule has 0 radical (unpaired) electrons. The molecule has 1 atom stereocenters. The van der Waals surface area contributed by atoms with Gasteiger partial charge in [0.2, 0.25) is 0 Å². The highest BCUT2D eigenvalue weighted by Crippen LogP contribution is 2.25. The van der Waals surface area contributed by atoms with Gasteiger partial charge in [-0.05, 0) is 41.8 Å². The van der Waals surface area contributed by atoms with Gasteiger partial charge < -0.3 is 11.1 Å². The molecule has 2 aromatic carbocycles. The molecule has 0 bridgehead atoms. The smallest absolute Gasteiger partial charge is 0.0575 e. The molecule has 3 N–H and O–H groups in total. The molecule has 0 saturated carbocycles. The Morgan fingerprint density at radius 2 is 1.53 bits per heavy atom. The van der Waals surface area contributed by atoms with E-state index in [0.717, 1.165) is 5.69 Å². The van der Waals surface area contributed by atoms with E-state index in [1.165, 1.54) is 16.7 Å². The first-order chi connectivity index (χ1) is 9.11. The average molecular weight is 254 g/mol. The van der Waals surface area contributed by atoms with Crippen LogP contribution in [0.1, 0.15) is 42.5 Å². The summed E-state index contributed by atoms with van der Waals surface area (Å²) >= 11 is 0. The minimum absolute atomic E-state index is 0.185. The Morgan fingerprint density at radius 1 is 0.895 bits per heavy atom. The van der Waals surface area contributed by atoms with Crippen molar-refractivity contribution in [2.24, 2.45) is 0 Å². The zero-order chi connectivity index (χ0) is 13.8. The number of nitrogens with one attached hydrogen (secondary N) is 1. The summed E-state index contributed by atoms with van der Waals surface area (Å²) in [7, 11) is 1.98. The maximum atomic E-state index is 5.87. The lowest BCUT2D eigenvalue weighted by Crippen LogP contribution is -2.17. The molecule has 19 heavy (non-hydrogen) atoms. The number of hydrogen-bond donors (Lipinski definition) is 2. The Bertz CT molecular complexity index is 529. The Kier molecular flexibility index (Phi) is 4.23. The van der Waals surface area contributed by atoms with Crippen molar-refractivity contribution in [3.63, 3.8) is 0 Å². The SMILES string of the molecule is CNC(c1ccc(C(C)C)cc1)c1cccc(N)c1. The van der Waals surface area contributed by atoms with Crippen LogP contribution in [0.25, 0.3) is 0 Å². The van der Waals surface area contributed by atoms with Crippen molar-refractivity contribution in [1.82, 2.24) is 5.32 Å². The average Bonchev–Trinajstić information content (AvgIpc) is 2.40. The summed E-state index contributed by atoms with van der Waals surface area (Å²) in [5, 5.41) is 3.35. The molecule has 0 spiro atoms. The van der Waals surface area contributed by atoms with E-state index in [1.54, 1.807) is 0 Å². The van der Waals surface area contributed by atoms with Crippen molar-refractivity contribution >= 4 is 5.69 Å². The van der Waals surface area contributed by atoms with Crippen molar-refractivity contribution in [3.05, 3.63) is 65.2 Å². The standard InChI is InChI=1S/C17H22N2/c1-12(2)13-7-9-14(10-8-13)17(19-3)15-5-4-6-16(18)11-15/h4-12,17,19H,18H2,1-3H3. The van der Waals surface area contributed by atoms with Gasteiger partial charge in [-0.2, -0.15) is 0 Å². The monoisotopic (exact) mass is 254 g/mol. The van der Waals surface area contributed by atoms with E-state index in [9.17, 15) is 0 Å². The number of rotatable bonds is 4. The van der Waals surface area contributed by atoms with Gasteiger partial charge in [-0.3, -0.25) is 0 Å². The number of benzene rings is 2. The Labute approximate surface area is 115 Å². The molecule has 1 unspecified atom stereocenters. The molecule has 2 nitrogen and oxygen atoms in total. The van der Waals surface area contributed by atoms with Gasteiger partial charge in [-0.25, -0.2) is 0 Å². The van der Waals surface area contributed by atoms with E-state index in [1.807, 2.05) is 25.2 Å². The highest BCUT2D eigenvalue weighted by molar-refractivity contribution is 5.44. The van der Waals surface area contributed by atoms with Crippen LogP contribution in [0.2, 0.25) is 0 Å². The maximum Gasteiger partial charge on any atom is 0.0575 e. The lowest BCUT2D eigenvalue weighted by Gasteiger charge is -2.18. The van der Waals surface area contributed by atoms with Gasteiger partial charge in [-0.15, -0.1) is 0 Å². The van der Waals surface area contributed by atoms with Gasteiger partial charge >= 0.3 is 0 Å². The molecule has 2 aromatic rings. The molecule has 0 aliphatic carbocycles. The van der Waals surface area contributed by atoms with E-state index in [4.69, 9.17) is 5.73 Å². The summed E-state index contributed by atoms with van der Waals surface area (Å²) in [5.74, 6) is 0.564. The fourth-order valence-electron chi connectivity index (χ4n) is 2.34. The van der Waals surface area contributed by atoms with Crippen molar-refractivity contribution in [3.8, 4) is 0 Å². The molecule has 0 fully saturated rings. The molecule has 0 aromatic heterocycles. The number of nitrogen functional groups attached to an aromatic ring is 1. The number of anilines is 1. The van der Waals surface area contributed by atoms with Crippen LogP contribution in [0.15, 0.2) is 48.5 Å². The van der Waals surface area contributed by atoms with Crippen molar-refractivity contribution in [2.75, 3.05) is 12.8 Å². The minimum atomic E-state index is 0.185. The largest absolute Gasteiger partial charge is 0.399 e. The molecule has 0 aliphatic heterocycles. The molecule has 0 heterocycles. The summed E-state index contributed by atoms with van der Waals surface area (Å²) in [4.78, 5) is 0. The van der Waals surface area contributed by atoms with E-state index in [2.05, 4.69) is 49.5 Å². The molecule has 2 rings (SSSR count).